The van der Waals surface area contributed by atoms with Crippen LogP contribution in [-0.4, -0.2) is 23.1 Å². The fourth-order valence-electron chi connectivity index (χ4n) is 2.04. The molecule has 2 rings (SSSR count). The maximum atomic E-state index is 12.3. The average Bonchev–Trinajstić information content (AvgIpc) is 2.80. The zero-order valence-corrected chi connectivity index (χ0v) is 16.7. The summed E-state index contributed by atoms with van der Waals surface area (Å²) in [6, 6.07) is 5.88. The van der Waals surface area contributed by atoms with Gasteiger partial charge in [0.15, 0.2) is 4.80 Å². The minimum absolute atomic E-state index is 0.182. The molecule has 130 valence electrons. The SMILES string of the molecule is CCOC(=O)CCn1c(=NC(=O)C(C)(C)C)sc2cc(Br)ccc21. The number of esters is 1. The van der Waals surface area contributed by atoms with Crippen LogP contribution in [0.15, 0.2) is 27.7 Å². The average molecular weight is 413 g/mol. The molecule has 0 atom stereocenters. The number of carbonyl (C=O) groups excluding carboxylic acids is 2. The molecular weight excluding hydrogens is 392 g/mol. The summed E-state index contributed by atoms with van der Waals surface area (Å²) in [6.45, 7) is 8.09. The number of halogens is 1. The van der Waals surface area contributed by atoms with Gasteiger partial charge in [-0.3, -0.25) is 9.59 Å². The van der Waals surface area contributed by atoms with E-state index in [0.29, 0.717) is 18.0 Å². The Balaban J connectivity index is 2.49. The third kappa shape index (κ3) is 4.54. The van der Waals surface area contributed by atoms with Crippen molar-refractivity contribution in [2.45, 2.75) is 40.7 Å². The van der Waals surface area contributed by atoms with Crippen LogP contribution in [0.4, 0.5) is 0 Å². The van der Waals surface area contributed by atoms with Gasteiger partial charge in [0.2, 0.25) is 0 Å². The van der Waals surface area contributed by atoms with Crippen molar-refractivity contribution in [1.82, 2.24) is 4.57 Å². The molecule has 0 bridgehead atoms. The molecule has 0 fully saturated rings. The lowest BCUT2D eigenvalue weighted by molar-refractivity contribution is -0.143. The van der Waals surface area contributed by atoms with E-state index in [2.05, 4.69) is 20.9 Å². The van der Waals surface area contributed by atoms with Gasteiger partial charge in [-0.2, -0.15) is 4.99 Å². The van der Waals surface area contributed by atoms with Crippen LogP contribution in [0.5, 0.6) is 0 Å². The molecule has 0 aliphatic rings. The molecule has 0 saturated heterocycles. The number of fused-ring (bicyclic) bond motifs is 1. The van der Waals surface area contributed by atoms with E-state index < -0.39 is 5.41 Å². The second kappa shape index (κ2) is 7.61. The van der Waals surface area contributed by atoms with Gasteiger partial charge < -0.3 is 9.30 Å². The summed E-state index contributed by atoms with van der Waals surface area (Å²) >= 11 is 4.90. The van der Waals surface area contributed by atoms with Crippen molar-refractivity contribution >= 4 is 49.4 Å². The van der Waals surface area contributed by atoms with Crippen molar-refractivity contribution in [3.05, 3.63) is 27.5 Å². The second-order valence-electron chi connectivity index (χ2n) is 6.37. The number of rotatable bonds is 4. The molecule has 0 spiro atoms. The molecule has 5 nitrogen and oxygen atoms in total. The Hall–Kier alpha value is -1.47. The zero-order chi connectivity index (χ0) is 17.9. The van der Waals surface area contributed by atoms with Crippen molar-refractivity contribution in [1.29, 1.82) is 0 Å². The van der Waals surface area contributed by atoms with E-state index in [1.54, 1.807) is 6.92 Å². The van der Waals surface area contributed by atoms with Gasteiger partial charge in [0.1, 0.15) is 0 Å². The van der Waals surface area contributed by atoms with Crippen LogP contribution in [0.1, 0.15) is 34.1 Å². The minimum Gasteiger partial charge on any atom is -0.466 e. The Morgan fingerprint density at radius 2 is 2.04 bits per heavy atom. The van der Waals surface area contributed by atoms with Crippen molar-refractivity contribution in [3.63, 3.8) is 0 Å². The lowest BCUT2D eigenvalue weighted by Gasteiger charge is -2.12. The summed E-state index contributed by atoms with van der Waals surface area (Å²) in [7, 11) is 0. The third-order valence-electron chi connectivity index (χ3n) is 3.33. The maximum Gasteiger partial charge on any atom is 0.307 e. The van der Waals surface area contributed by atoms with Crippen molar-refractivity contribution < 1.29 is 14.3 Å². The molecule has 7 heteroatoms. The summed E-state index contributed by atoms with van der Waals surface area (Å²) in [5.74, 6) is -0.437. The van der Waals surface area contributed by atoms with Crippen LogP contribution in [0, 0.1) is 5.41 Å². The van der Waals surface area contributed by atoms with Gasteiger partial charge in [0.05, 0.1) is 23.2 Å². The van der Waals surface area contributed by atoms with E-state index in [9.17, 15) is 9.59 Å². The number of aryl methyl sites for hydroxylation is 1. The van der Waals surface area contributed by atoms with Crippen molar-refractivity contribution in [3.8, 4) is 0 Å². The number of thiazole rings is 1. The summed E-state index contributed by atoms with van der Waals surface area (Å²) in [5, 5.41) is 0. The van der Waals surface area contributed by atoms with E-state index in [1.807, 2.05) is 43.5 Å². The molecule has 1 aromatic heterocycles. The first-order valence-corrected chi connectivity index (χ1v) is 9.37. The number of hydrogen-bond acceptors (Lipinski definition) is 4. The lowest BCUT2D eigenvalue weighted by atomic mass is 9.96. The van der Waals surface area contributed by atoms with Gasteiger partial charge in [0, 0.05) is 16.4 Å². The normalized spacial score (nSPS) is 12.6. The smallest absolute Gasteiger partial charge is 0.307 e. The van der Waals surface area contributed by atoms with Gasteiger partial charge in [-0.25, -0.2) is 0 Å². The van der Waals surface area contributed by atoms with Crippen LogP contribution < -0.4 is 4.80 Å². The largest absolute Gasteiger partial charge is 0.466 e. The molecule has 2 aromatic rings. The standard InChI is InChI=1S/C17H21BrN2O3S/c1-5-23-14(21)8-9-20-12-7-6-11(18)10-13(12)24-16(20)19-15(22)17(2,3)4/h6-7,10H,5,8-9H2,1-4H3. The lowest BCUT2D eigenvalue weighted by Crippen LogP contribution is -2.24. The van der Waals surface area contributed by atoms with E-state index in [-0.39, 0.29) is 18.3 Å². The number of aromatic nitrogens is 1. The Labute approximate surface area is 153 Å². The van der Waals surface area contributed by atoms with Gasteiger partial charge in [-0.05, 0) is 25.1 Å². The van der Waals surface area contributed by atoms with Crippen LogP contribution in [0.2, 0.25) is 0 Å². The molecule has 0 aliphatic heterocycles. The molecule has 0 N–H and O–H groups in total. The van der Waals surface area contributed by atoms with E-state index in [4.69, 9.17) is 4.74 Å². The molecule has 1 amide bonds. The summed E-state index contributed by atoms with van der Waals surface area (Å²) in [4.78, 5) is 28.9. The molecule has 24 heavy (non-hydrogen) atoms. The second-order valence-corrected chi connectivity index (χ2v) is 8.30. The molecule has 0 saturated carbocycles. The minimum atomic E-state index is -0.546. The van der Waals surface area contributed by atoms with E-state index >= 15 is 0 Å². The summed E-state index contributed by atoms with van der Waals surface area (Å²) in [5.41, 5.74) is 0.406. The van der Waals surface area contributed by atoms with Crippen LogP contribution in [0.25, 0.3) is 10.2 Å². The fourth-order valence-corrected chi connectivity index (χ4v) is 3.65. The molecular formula is C17H21BrN2O3S. The Morgan fingerprint density at radius 3 is 2.67 bits per heavy atom. The molecule has 1 aromatic carbocycles. The topological polar surface area (TPSA) is 60.7 Å². The van der Waals surface area contributed by atoms with E-state index in [1.165, 1.54) is 11.3 Å². The number of carbonyl (C=O) groups is 2. The zero-order valence-electron chi connectivity index (χ0n) is 14.3. The van der Waals surface area contributed by atoms with Crippen LogP contribution >= 0.6 is 27.3 Å². The van der Waals surface area contributed by atoms with Gasteiger partial charge in [0.25, 0.3) is 5.91 Å². The highest BCUT2D eigenvalue weighted by Crippen LogP contribution is 2.23. The van der Waals surface area contributed by atoms with Crippen LogP contribution in [-0.2, 0) is 20.9 Å². The molecule has 0 radical (unpaired) electrons. The van der Waals surface area contributed by atoms with Gasteiger partial charge >= 0.3 is 5.97 Å². The number of ether oxygens (including phenoxy) is 1. The van der Waals surface area contributed by atoms with E-state index in [0.717, 1.165) is 14.7 Å². The fraction of sp³-hybridized carbons (Fsp3) is 0.471. The third-order valence-corrected chi connectivity index (χ3v) is 4.86. The Morgan fingerprint density at radius 1 is 1.33 bits per heavy atom. The molecule has 0 aliphatic carbocycles. The predicted molar refractivity (Wildman–Crippen MR) is 98.8 cm³/mol. The van der Waals surface area contributed by atoms with Gasteiger partial charge in [-0.15, -0.1) is 0 Å². The number of amides is 1. The maximum absolute atomic E-state index is 12.3. The van der Waals surface area contributed by atoms with Crippen molar-refractivity contribution in [2.75, 3.05) is 6.61 Å². The Kier molecular flexibility index (Phi) is 5.98. The highest BCUT2D eigenvalue weighted by Gasteiger charge is 2.21. The molecule has 0 unspecified atom stereocenters. The monoisotopic (exact) mass is 412 g/mol. The first-order valence-electron chi connectivity index (χ1n) is 7.76. The highest BCUT2D eigenvalue weighted by atomic mass is 79.9. The van der Waals surface area contributed by atoms with Gasteiger partial charge in [-0.1, -0.05) is 48.0 Å². The number of hydrogen-bond donors (Lipinski definition) is 0. The molecule has 1 heterocycles. The summed E-state index contributed by atoms with van der Waals surface area (Å²) in [6.07, 6.45) is 0.243. The van der Waals surface area contributed by atoms with Crippen LogP contribution in [0.3, 0.4) is 0 Å². The first-order chi connectivity index (χ1) is 11.2. The first kappa shape index (κ1) is 18.9. The van der Waals surface area contributed by atoms with Crippen molar-refractivity contribution in [2.24, 2.45) is 10.4 Å². The quantitative estimate of drug-likeness (QED) is 0.715. The Bertz CT molecular complexity index is 830. The highest BCUT2D eigenvalue weighted by molar-refractivity contribution is 9.10. The summed E-state index contributed by atoms with van der Waals surface area (Å²) < 4.78 is 8.87. The number of benzene rings is 1. The predicted octanol–water partition coefficient (Wildman–Crippen LogP) is 3.89. The number of nitrogens with zero attached hydrogens (tertiary/aromatic N) is 2.